The molecule has 1 aliphatic carbocycles. The number of Topliss-reactive ketones (excluding diaryl/α,β-unsaturated/α-hetero) is 1. The van der Waals surface area contributed by atoms with Crippen LogP contribution in [0.15, 0.2) is 54.6 Å². The van der Waals surface area contributed by atoms with Gasteiger partial charge in [0.2, 0.25) is 11.4 Å². The van der Waals surface area contributed by atoms with Crippen LogP contribution in [-0.4, -0.2) is 22.5 Å². The van der Waals surface area contributed by atoms with Crippen molar-refractivity contribution in [2.24, 2.45) is 0 Å². The summed E-state index contributed by atoms with van der Waals surface area (Å²) in [6, 6.07) is 15.2. The summed E-state index contributed by atoms with van der Waals surface area (Å²) < 4.78 is 5.09. The topological polar surface area (TPSA) is 63.6 Å². The minimum atomic E-state index is -2.13. The number of esters is 1. The SMILES string of the molecule is O=C(Oc1ccccc1)C1(O)Cc2ccccc2C1=O. The molecule has 20 heavy (non-hydrogen) atoms. The molecule has 0 aromatic heterocycles. The van der Waals surface area contributed by atoms with Gasteiger partial charge in [0.05, 0.1) is 0 Å². The molecule has 2 aromatic rings. The van der Waals surface area contributed by atoms with Crippen LogP contribution in [0, 0.1) is 0 Å². The third kappa shape index (κ3) is 1.90. The summed E-state index contributed by atoms with van der Waals surface area (Å²) in [5, 5.41) is 10.4. The molecule has 3 rings (SSSR count). The Hall–Kier alpha value is -2.46. The van der Waals surface area contributed by atoms with Gasteiger partial charge in [-0.2, -0.15) is 0 Å². The monoisotopic (exact) mass is 268 g/mol. The predicted molar refractivity (Wildman–Crippen MR) is 71.5 cm³/mol. The van der Waals surface area contributed by atoms with E-state index in [0.717, 1.165) is 0 Å². The Labute approximate surface area is 115 Å². The zero-order valence-electron chi connectivity index (χ0n) is 10.6. The van der Waals surface area contributed by atoms with Gasteiger partial charge < -0.3 is 9.84 Å². The molecule has 0 spiro atoms. The molecule has 4 heteroatoms. The van der Waals surface area contributed by atoms with Crippen molar-refractivity contribution in [3.05, 3.63) is 65.7 Å². The Morgan fingerprint density at radius 1 is 1.05 bits per heavy atom. The highest BCUT2D eigenvalue weighted by molar-refractivity contribution is 6.19. The molecule has 0 saturated heterocycles. The molecule has 0 fully saturated rings. The fourth-order valence-corrected chi connectivity index (χ4v) is 2.32. The summed E-state index contributed by atoms with van der Waals surface area (Å²) in [7, 11) is 0. The Morgan fingerprint density at radius 3 is 2.40 bits per heavy atom. The lowest BCUT2D eigenvalue weighted by Crippen LogP contribution is -2.47. The molecular formula is C16H12O4. The molecule has 1 aliphatic rings. The second-order valence-electron chi connectivity index (χ2n) is 4.73. The molecule has 100 valence electrons. The number of rotatable bonds is 2. The summed E-state index contributed by atoms with van der Waals surface area (Å²) in [4.78, 5) is 24.3. The summed E-state index contributed by atoms with van der Waals surface area (Å²) in [5.74, 6) is -1.24. The van der Waals surface area contributed by atoms with Crippen LogP contribution < -0.4 is 4.74 Å². The summed E-state index contributed by atoms with van der Waals surface area (Å²) in [6.07, 6.45) is -0.0479. The number of ether oxygens (including phenoxy) is 1. The van der Waals surface area contributed by atoms with E-state index in [4.69, 9.17) is 4.74 Å². The van der Waals surface area contributed by atoms with E-state index < -0.39 is 17.4 Å². The van der Waals surface area contributed by atoms with Gasteiger partial charge in [-0.3, -0.25) is 4.79 Å². The maximum absolute atomic E-state index is 12.2. The molecule has 1 atom stereocenters. The maximum atomic E-state index is 12.2. The molecule has 1 N–H and O–H groups in total. The van der Waals surface area contributed by atoms with Crippen molar-refractivity contribution in [2.45, 2.75) is 12.0 Å². The Morgan fingerprint density at radius 2 is 1.70 bits per heavy atom. The second-order valence-corrected chi connectivity index (χ2v) is 4.73. The second kappa shape index (κ2) is 4.58. The lowest BCUT2D eigenvalue weighted by molar-refractivity contribution is -0.149. The molecule has 0 saturated carbocycles. The summed E-state index contributed by atoms with van der Waals surface area (Å²) in [5.41, 5.74) is -1.09. The third-order valence-corrected chi connectivity index (χ3v) is 3.38. The average molecular weight is 268 g/mol. The van der Waals surface area contributed by atoms with Gasteiger partial charge in [0.15, 0.2) is 0 Å². The van der Waals surface area contributed by atoms with Crippen LogP contribution in [-0.2, 0) is 11.2 Å². The van der Waals surface area contributed by atoms with Crippen LogP contribution in [0.4, 0.5) is 0 Å². The first kappa shape index (κ1) is 12.6. The summed E-state index contributed by atoms with van der Waals surface area (Å²) in [6.45, 7) is 0. The molecule has 0 heterocycles. The molecule has 0 radical (unpaired) electrons. The molecule has 2 aromatic carbocycles. The van der Waals surface area contributed by atoms with Crippen LogP contribution in [0.5, 0.6) is 5.75 Å². The van der Waals surface area contributed by atoms with E-state index in [-0.39, 0.29) is 6.42 Å². The number of carbonyl (C=O) groups excluding carboxylic acids is 2. The minimum Gasteiger partial charge on any atom is -0.424 e. The number of benzene rings is 2. The van der Waals surface area contributed by atoms with Crippen molar-refractivity contribution in [3.8, 4) is 5.75 Å². The van der Waals surface area contributed by atoms with Crippen LogP contribution in [0.1, 0.15) is 15.9 Å². The van der Waals surface area contributed by atoms with Crippen molar-refractivity contribution < 1.29 is 19.4 Å². The quantitative estimate of drug-likeness (QED) is 0.512. The van der Waals surface area contributed by atoms with Gasteiger partial charge in [0, 0.05) is 12.0 Å². The van der Waals surface area contributed by atoms with Crippen LogP contribution in [0.25, 0.3) is 0 Å². The van der Waals surface area contributed by atoms with Gasteiger partial charge in [-0.15, -0.1) is 0 Å². The van der Waals surface area contributed by atoms with Crippen molar-refractivity contribution in [2.75, 3.05) is 0 Å². The third-order valence-electron chi connectivity index (χ3n) is 3.38. The highest BCUT2D eigenvalue weighted by Gasteiger charge is 2.51. The van der Waals surface area contributed by atoms with E-state index in [1.807, 2.05) is 0 Å². The number of ketones is 1. The molecule has 0 bridgehead atoms. The first-order valence-corrected chi connectivity index (χ1v) is 6.24. The van der Waals surface area contributed by atoms with E-state index in [2.05, 4.69) is 0 Å². The Kier molecular flexibility index (Phi) is 2.88. The lowest BCUT2D eigenvalue weighted by atomic mass is 9.99. The largest absolute Gasteiger partial charge is 0.424 e. The maximum Gasteiger partial charge on any atom is 0.352 e. The fraction of sp³-hybridized carbons (Fsp3) is 0.125. The number of aliphatic hydroxyl groups is 1. The smallest absolute Gasteiger partial charge is 0.352 e. The minimum absolute atomic E-state index is 0.0479. The number of hydrogen-bond acceptors (Lipinski definition) is 4. The average Bonchev–Trinajstić information content (AvgIpc) is 2.73. The summed E-state index contributed by atoms with van der Waals surface area (Å²) >= 11 is 0. The number of hydrogen-bond donors (Lipinski definition) is 1. The number of para-hydroxylation sites is 1. The first-order valence-electron chi connectivity index (χ1n) is 6.24. The van der Waals surface area contributed by atoms with Crippen LogP contribution in [0.3, 0.4) is 0 Å². The normalized spacial score (nSPS) is 20.6. The standard InChI is InChI=1S/C16H12O4/c17-14-13-9-5-4-6-11(13)10-16(14,19)15(18)20-12-7-2-1-3-8-12/h1-9,19H,10H2. The van der Waals surface area contributed by atoms with E-state index in [1.54, 1.807) is 54.6 Å². The molecule has 0 amide bonds. The molecule has 0 aliphatic heterocycles. The van der Waals surface area contributed by atoms with Gasteiger partial charge in [-0.05, 0) is 17.7 Å². The van der Waals surface area contributed by atoms with Crippen LogP contribution in [0.2, 0.25) is 0 Å². The number of fused-ring (bicyclic) bond motifs is 1. The van der Waals surface area contributed by atoms with E-state index in [1.165, 1.54) is 0 Å². The molecule has 1 unspecified atom stereocenters. The van der Waals surface area contributed by atoms with Crippen molar-refractivity contribution in [1.29, 1.82) is 0 Å². The van der Waals surface area contributed by atoms with Crippen molar-refractivity contribution in [3.63, 3.8) is 0 Å². The van der Waals surface area contributed by atoms with Gasteiger partial charge in [0.1, 0.15) is 5.75 Å². The predicted octanol–water partition coefficient (Wildman–Crippen LogP) is 1.76. The van der Waals surface area contributed by atoms with Gasteiger partial charge in [0.25, 0.3) is 0 Å². The zero-order chi connectivity index (χ0) is 14.2. The highest BCUT2D eigenvalue weighted by atomic mass is 16.6. The highest BCUT2D eigenvalue weighted by Crippen LogP contribution is 2.31. The zero-order valence-corrected chi connectivity index (χ0v) is 10.6. The van der Waals surface area contributed by atoms with Gasteiger partial charge >= 0.3 is 5.97 Å². The van der Waals surface area contributed by atoms with E-state index in [9.17, 15) is 14.7 Å². The van der Waals surface area contributed by atoms with Crippen molar-refractivity contribution in [1.82, 2.24) is 0 Å². The van der Waals surface area contributed by atoms with Gasteiger partial charge in [-0.1, -0.05) is 42.5 Å². The molecule has 4 nitrogen and oxygen atoms in total. The molecular weight excluding hydrogens is 256 g/mol. The van der Waals surface area contributed by atoms with Crippen LogP contribution >= 0.6 is 0 Å². The van der Waals surface area contributed by atoms with Crippen molar-refractivity contribution >= 4 is 11.8 Å². The lowest BCUT2D eigenvalue weighted by Gasteiger charge is -2.18. The first-order chi connectivity index (χ1) is 9.61. The van der Waals surface area contributed by atoms with E-state index >= 15 is 0 Å². The Bertz CT molecular complexity index is 678. The van der Waals surface area contributed by atoms with Gasteiger partial charge in [-0.25, -0.2) is 4.79 Å². The Balaban J connectivity index is 1.88. The fourth-order valence-electron chi connectivity index (χ4n) is 2.32. The number of carbonyl (C=O) groups is 2. The van der Waals surface area contributed by atoms with E-state index in [0.29, 0.717) is 16.9 Å².